The van der Waals surface area contributed by atoms with E-state index < -0.39 is 7.37 Å². The Morgan fingerprint density at radius 3 is 2.59 bits per heavy atom. The zero-order valence-corrected chi connectivity index (χ0v) is 10.3. The summed E-state index contributed by atoms with van der Waals surface area (Å²) < 4.78 is 18.1. The Hall–Kier alpha value is -1.57. The molecule has 1 atom stereocenters. The molecule has 2 N–H and O–H groups in total. The largest absolute Gasteiger partial charge is 0.438 e. The van der Waals surface area contributed by atoms with E-state index in [0.29, 0.717) is 11.1 Å². The minimum atomic E-state index is -3.04. The standard InChI is InChI=1S/C13H14NO2P/c1-3-10-11-7-5-6-8-12(11)16-17(15,9-14)13(10)4-2/h3-8H,1-2,9,14H2. The van der Waals surface area contributed by atoms with Crippen LogP contribution in [0, 0.1) is 0 Å². The molecule has 88 valence electrons. The van der Waals surface area contributed by atoms with Gasteiger partial charge < -0.3 is 10.3 Å². The normalized spacial score (nSPS) is 22.6. The molecule has 17 heavy (non-hydrogen) atoms. The summed E-state index contributed by atoms with van der Waals surface area (Å²) in [6, 6.07) is 7.40. The van der Waals surface area contributed by atoms with Crippen LogP contribution >= 0.6 is 7.37 Å². The van der Waals surface area contributed by atoms with E-state index in [0.717, 1.165) is 11.1 Å². The van der Waals surface area contributed by atoms with Gasteiger partial charge >= 0.3 is 0 Å². The van der Waals surface area contributed by atoms with Crippen LogP contribution < -0.4 is 10.3 Å². The van der Waals surface area contributed by atoms with Gasteiger partial charge in [-0.1, -0.05) is 43.5 Å². The molecule has 0 amide bonds. The van der Waals surface area contributed by atoms with Gasteiger partial charge in [0.05, 0.1) is 11.6 Å². The van der Waals surface area contributed by atoms with E-state index in [4.69, 9.17) is 10.3 Å². The lowest BCUT2D eigenvalue weighted by Crippen LogP contribution is -2.12. The lowest BCUT2D eigenvalue weighted by atomic mass is 10.0. The summed E-state index contributed by atoms with van der Waals surface area (Å²) in [7, 11) is -3.04. The van der Waals surface area contributed by atoms with E-state index in [-0.39, 0.29) is 6.29 Å². The third kappa shape index (κ3) is 1.78. The average molecular weight is 247 g/mol. The predicted octanol–water partition coefficient (Wildman–Crippen LogP) is 3.36. The topological polar surface area (TPSA) is 52.3 Å². The van der Waals surface area contributed by atoms with E-state index in [1.807, 2.05) is 18.2 Å². The first-order valence-corrected chi connectivity index (χ1v) is 7.05. The molecule has 0 saturated heterocycles. The van der Waals surface area contributed by atoms with E-state index >= 15 is 0 Å². The second-order valence-electron chi connectivity index (χ2n) is 3.65. The van der Waals surface area contributed by atoms with Crippen LogP contribution in [0.5, 0.6) is 5.75 Å². The smallest absolute Gasteiger partial charge is 0.291 e. The molecule has 1 unspecified atom stereocenters. The Bertz CT molecular complexity index is 560. The number of hydrogen-bond acceptors (Lipinski definition) is 3. The Morgan fingerprint density at radius 2 is 2.00 bits per heavy atom. The molecule has 4 heteroatoms. The monoisotopic (exact) mass is 247 g/mol. The number of para-hydroxylation sites is 1. The summed E-state index contributed by atoms with van der Waals surface area (Å²) >= 11 is 0. The van der Waals surface area contributed by atoms with E-state index in [1.54, 1.807) is 18.2 Å². The molecule has 0 radical (unpaired) electrons. The van der Waals surface area contributed by atoms with Crippen molar-refractivity contribution < 1.29 is 9.09 Å². The van der Waals surface area contributed by atoms with Gasteiger partial charge in [0.25, 0.3) is 7.37 Å². The number of benzene rings is 1. The average Bonchev–Trinajstić information content (AvgIpc) is 2.36. The Balaban J connectivity index is 2.77. The lowest BCUT2D eigenvalue weighted by molar-refractivity contribution is 0.487. The highest BCUT2D eigenvalue weighted by molar-refractivity contribution is 7.64. The number of nitrogens with two attached hydrogens (primary N) is 1. The van der Waals surface area contributed by atoms with Gasteiger partial charge in [-0.15, -0.1) is 0 Å². The summed E-state index contributed by atoms with van der Waals surface area (Å²) in [5, 5.41) is 0.550. The van der Waals surface area contributed by atoms with Crippen molar-refractivity contribution in [3.8, 4) is 5.75 Å². The van der Waals surface area contributed by atoms with E-state index in [9.17, 15) is 4.57 Å². The number of fused-ring (bicyclic) bond motifs is 1. The molecule has 0 aromatic heterocycles. The molecule has 0 aliphatic carbocycles. The van der Waals surface area contributed by atoms with Crippen LogP contribution in [-0.2, 0) is 4.57 Å². The highest BCUT2D eigenvalue weighted by Crippen LogP contribution is 2.60. The molecule has 0 fully saturated rings. The van der Waals surface area contributed by atoms with Gasteiger partial charge in [-0.3, -0.25) is 4.57 Å². The molecule has 1 heterocycles. The van der Waals surface area contributed by atoms with Crippen LogP contribution in [-0.4, -0.2) is 6.29 Å². The maximum Gasteiger partial charge on any atom is 0.291 e. The molecule has 2 rings (SSSR count). The van der Waals surface area contributed by atoms with Crippen molar-refractivity contribution in [2.24, 2.45) is 5.73 Å². The van der Waals surface area contributed by atoms with Gasteiger partial charge in [0.2, 0.25) is 0 Å². The Kier molecular flexibility index (Phi) is 3.05. The molecule has 1 aromatic rings. The molecule has 3 nitrogen and oxygen atoms in total. The second-order valence-corrected chi connectivity index (χ2v) is 6.03. The summed E-state index contributed by atoms with van der Waals surface area (Å²) in [4.78, 5) is 0. The fourth-order valence-electron chi connectivity index (χ4n) is 1.90. The molecule has 1 aliphatic rings. The predicted molar refractivity (Wildman–Crippen MR) is 71.0 cm³/mol. The lowest BCUT2D eigenvalue weighted by Gasteiger charge is -2.27. The first-order chi connectivity index (χ1) is 8.16. The van der Waals surface area contributed by atoms with E-state index in [1.165, 1.54) is 0 Å². The quantitative estimate of drug-likeness (QED) is 0.833. The van der Waals surface area contributed by atoms with Crippen molar-refractivity contribution in [2.45, 2.75) is 0 Å². The molecule has 0 saturated carbocycles. The summed E-state index contributed by atoms with van der Waals surface area (Å²) in [6.07, 6.45) is 3.17. The fourth-order valence-corrected chi connectivity index (χ4v) is 3.60. The fraction of sp³-hybridized carbons (Fsp3) is 0.0769. The third-order valence-corrected chi connectivity index (χ3v) is 4.83. The summed E-state index contributed by atoms with van der Waals surface area (Å²) in [6.45, 7) is 7.44. The van der Waals surface area contributed by atoms with Crippen LogP contribution in [0.25, 0.3) is 5.57 Å². The van der Waals surface area contributed by atoms with Gasteiger partial charge in [0.15, 0.2) is 0 Å². The van der Waals surface area contributed by atoms with Crippen LogP contribution in [0.1, 0.15) is 5.56 Å². The first kappa shape index (κ1) is 11.9. The molecular weight excluding hydrogens is 233 g/mol. The zero-order valence-electron chi connectivity index (χ0n) is 9.43. The Labute approximate surface area is 101 Å². The van der Waals surface area contributed by atoms with Crippen molar-refractivity contribution in [3.63, 3.8) is 0 Å². The van der Waals surface area contributed by atoms with Crippen LogP contribution in [0.2, 0.25) is 0 Å². The van der Waals surface area contributed by atoms with Crippen molar-refractivity contribution in [1.82, 2.24) is 0 Å². The first-order valence-electron chi connectivity index (χ1n) is 5.24. The van der Waals surface area contributed by atoms with Crippen LogP contribution in [0.15, 0.2) is 54.9 Å². The van der Waals surface area contributed by atoms with E-state index in [2.05, 4.69) is 13.2 Å². The van der Waals surface area contributed by atoms with Gasteiger partial charge in [0.1, 0.15) is 5.75 Å². The minimum absolute atomic E-state index is 0.0416. The summed E-state index contributed by atoms with van der Waals surface area (Å²) in [5.41, 5.74) is 7.23. The van der Waals surface area contributed by atoms with Crippen molar-refractivity contribution >= 4 is 12.9 Å². The maximum absolute atomic E-state index is 12.6. The number of rotatable bonds is 3. The van der Waals surface area contributed by atoms with Gasteiger partial charge in [-0.05, 0) is 11.6 Å². The molecule has 1 aromatic carbocycles. The summed E-state index contributed by atoms with van der Waals surface area (Å²) in [5.74, 6) is 0.585. The molecule has 1 aliphatic heterocycles. The maximum atomic E-state index is 12.6. The third-order valence-electron chi connectivity index (χ3n) is 2.70. The highest BCUT2D eigenvalue weighted by Gasteiger charge is 2.34. The van der Waals surface area contributed by atoms with Gasteiger partial charge in [0, 0.05) is 5.56 Å². The molecule has 0 bridgehead atoms. The number of hydrogen-bond donors (Lipinski definition) is 1. The van der Waals surface area contributed by atoms with Crippen LogP contribution in [0.4, 0.5) is 0 Å². The van der Waals surface area contributed by atoms with Crippen molar-refractivity contribution in [2.75, 3.05) is 6.29 Å². The SMILES string of the molecule is C=CC1=C(C=C)P(=O)(CN)Oc2ccccc21. The van der Waals surface area contributed by atoms with Crippen molar-refractivity contribution in [3.05, 3.63) is 60.5 Å². The van der Waals surface area contributed by atoms with Gasteiger partial charge in [-0.25, -0.2) is 0 Å². The number of allylic oxidation sites excluding steroid dienone is 4. The van der Waals surface area contributed by atoms with Crippen molar-refractivity contribution in [1.29, 1.82) is 0 Å². The minimum Gasteiger partial charge on any atom is -0.438 e. The molecule has 0 spiro atoms. The highest BCUT2D eigenvalue weighted by atomic mass is 31.2. The second kappa shape index (κ2) is 4.36. The zero-order chi connectivity index (χ0) is 12.5. The van der Waals surface area contributed by atoms with Crippen LogP contribution in [0.3, 0.4) is 0 Å². The molecular formula is C13H14NO2P. The van der Waals surface area contributed by atoms with Gasteiger partial charge in [-0.2, -0.15) is 0 Å². The Morgan fingerprint density at radius 1 is 1.29 bits per heavy atom.